The fourth-order valence-electron chi connectivity index (χ4n) is 1.35. The Bertz CT molecular complexity index is 507. The number of nitrogens with two attached hydrogens (primary N) is 1. The molecule has 1 unspecified atom stereocenters. The van der Waals surface area contributed by atoms with Crippen molar-refractivity contribution < 1.29 is 8.42 Å². The van der Waals surface area contributed by atoms with Crippen molar-refractivity contribution >= 4 is 38.6 Å². The normalized spacial score (nSPS) is 13.9. The summed E-state index contributed by atoms with van der Waals surface area (Å²) in [6, 6.07) is 3.18. The highest BCUT2D eigenvalue weighted by Gasteiger charge is 2.26. The molecule has 0 aliphatic carbocycles. The molecule has 1 aromatic rings. The molecular weight excluding hydrogens is 276 g/mol. The number of aryl methyl sites for hydroxylation is 1. The third kappa shape index (κ3) is 3.48. The second kappa shape index (κ2) is 5.43. The first-order chi connectivity index (χ1) is 7.75. The van der Waals surface area contributed by atoms with Gasteiger partial charge in [-0.2, -0.15) is 4.31 Å². The van der Waals surface area contributed by atoms with Gasteiger partial charge in [-0.25, -0.2) is 8.42 Å². The standard InChI is InChI=1S/C10H16N2O2S3/c1-7(6-9(11)15)12(3)17(13,14)10-5-4-8(2)16-10/h4-5,7H,6H2,1-3H3,(H2,11,15). The molecule has 7 heteroatoms. The van der Waals surface area contributed by atoms with Crippen LogP contribution in [-0.2, 0) is 10.0 Å². The first-order valence-corrected chi connectivity index (χ1v) is 7.74. The summed E-state index contributed by atoms with van der Waals surface area (Å²) in [7, 11) is -1.88. The predicted octanol–water partition coefficient (Wildman–Crippen LogP) is 1.74. The van der Waals surface area contributed by atoms with Crippen LogP contribution in [0.5, 0.6) is 0 Å². The van der Waals surface area contributed by atoms with Crippen LogP contribution in [0.2, 0.25) is 0 Å². The van der Waals surface area contributed by atoms with Crippen molar-refractivity contribution in [3.63, 3.8) is 0 Å². The zero-order valence-electron chi connectivity index (χ0n) is 10.0. The molecule has 0 saturated carbocycles. The molecule has 0 aliphatic rings. The van der Waals surface area contributed by atoms with Crippen molar-refractivity contribution in [2.24, 2.45) is 5.73 Å². The number of hydrogen-bond acceptors (Lipinski definition) is 4. The minimum atomic E-state index is -3.43. The van der Waals surface area contributed by atoms with Crippen molar-refractivity contribution in [1.29, 1.82) is 0 Å². The highest BCUT2D eigenvalue weighted by Crippen LogP contribution is 2.25. The van der Waals surface area contributed by atoms with Crippen molar-refractivity contribution in [3.8, 4) is 0 Å². The summed E-state index contributed by atoms with van der Waals surface area (Å²) in [5.74, 6) is 0. The van der Waals surface area contributed by atoms with Gasteiger partial charge in [0.1, 0.15) is 4.21 Å². The molecule has 2 N–H and O–H groups in total. The summed E-state index contributed by atoms with van der Waals surface area (Å²) < 4.78 is 26.1. The molecule has 0 saturated heterocycles. The number of hydrogen-bond donors (Lipinski definition) is 1. The first kappa shape index (κ1) is 14.6. The van der Waals surface area contributed by atoms with Gasteiger partial charge in [0.2, 0.25) is 0 Å². The topological polar surface area (TPSA) is 63.4 Å². The maximum absolute atomic E-state index is 12.2. The molecule has 1 heterocycles. The largest absolute Gasteiger partial charge is 0.393 e. The average Bonchev–Trinajstić information content (AvgIpc) is 2.63. The van der Waals surface area contributed by atoms with Crippen molar-refractivity contribution in [2.75, 3.05) is 7.05 Å². The van der Waals surface area contributed by atoms with Gasteiger partial charge in [-0.15, -0.1) is 11.3 Å². The number of thiocarbonyl (C=S) groups is 1. The van der Waals surface area contributed by atoms with Gasteiger partial charge in [0.25, 0.3) is 10.0 Å². The Balaban J connectivity index is 2.94. The quantitative estimate of drug-likeness (QED) is 0.840. The molecule has 0 bridgehead atoms. The van der Waals surface area contributed by atoms with Gasteiger partial charge >= 0.3 is 0 Å². The van der Waals surface area contributed by atoms with Crippen LogP contribution in [0.4, 0.5) is 0 Å². The van der Waals surface area contributed by atoms with E-state index in [0.717, 1.165) is 4.88 Å². The molecule has 0 amide bonds. The molecule has 0 aliphatic heterocycles. The van der Waals surface area contributed by atoms with Crippen molar-refractivity contribution in [2.45, 2.75) is 30.5 Å². The van der Waals surface area contributed by atoms with E-state index < -0.39 is 10.0 Å². The smallest absolute Gasteiger partial charge is 0.252 e. The second-order valence-corrected chi connectivity index (χ2v) is 7.94. The van der Waals surface area contributed by atoms with Gasteiger partial charge < -0.3 is 5.73 Å². The summed E-state index contributed by atoms with van der Waals surface area (Å²) in [4.78, 5) is 1.29. The average molecular weight is 292 g/mol. The minimum absolute atomic E-state index is 0.236. The molecule has 0 aromatic carbocycles. The lowest BCUT2D eigenvalue weighted by Crippen LogP contribution is -2.37. The van der Waals surface area contributed by atoms with Gasteiger partial charge in [0.15, 0.2) is 0 Å². The fourth-order valence-corrected chi connectivity index (χ4v) is 4.42. The molecule has 96 valence electrons. The van der Waals surface area contributed by atoms with Crippen molar-refractivity contribution in [3.05, 3.63) is 17.0 Å². The third-order valence-electron chi connectivity index (χ3n) is 2.47. The molecule has 4 nitrogen and oxygen atoms in total. The molecule has 0 spiro atoms. The van der Waals surface area contributed by atoms with E-state index in [9.17, 15) is 8.42 Å². The number of nitrogens with zero attached hydrogens (tertiary/aromatic N) is 1. The van der Waals surface area contributed by atoms with Gasteiger partial charge in [0.05, 0.1) is 4.99 Å². The molecule has 1 rings (SSSR count). The minimum Gasteiger partial charge on any atom is -0.393 e. The summed E-state index contributed by atoms with van der Waals surface area (Å²) in [6.45, 7) is 3.67. The fraction of sp³-hybridized carbons (Fsp3) is 0.500. The molecular formula is C10H16N2O2S3. The lowest BCUT2D eigenvalue weighted by molar-refractivity contribution is 0.398. The van der Waals surface area contributed by atoms with Crippen LogP contribution in [-0.4, -0.2) is 30.8 Å². The van der Waals surface area contributed by atoms with E-state index in [-0.39, 0.29) is 6.04 Å². The van der Waals surface area contributed by atoms with E-state index in [2.05, 4.69) is 0 Å². The maximum atomic E-state index is 12.2. The molecule has 17 heavy (non-hydrogen) atoms. The van der Waals surface area contributed by atoms with Gasteiger partial charge in [-0.3, -0.25) is 0 Å². The van der Waals surface area contributed by atoms with Crippen molar-refractivity contribution in [1.82, 2.24) is 4.31 Å². The van der Waals surface area contributed by atoms with E-state index in [1.807, 2.05) is 6.92 Å². The zero-order chi connectivity index (χ0) is 13.2. The van der Waals surface area contributed by atoms with Gasteiger partial charge in [-0.05, 0) is 26.0 Å². The summed E-state index contributed by atoms with van der Waals surface area (Å²) >= 11 is 6.06. The van der Waals surface area contributed by atoms with E-state index in [1.165, 1.54) is 15.6 Å². The highest BCUT2D eigenvalue weighted by atomic mass is 32.2. The monoisotopic (exact) mass is 292 g/mol. The Hall–Kier alpha value is -0.500. The van der Waals surface area contributed by atoms with Crippen LogP contribution in [0.1, 0.15) is 18.2 Å². The van der Waals surface area contributed by atoms with Gasteiger partial charge in [0, 0.05) is 24.4 Å². The zero-order valence-corrected chi connectivity index (χ0v) is 12.5. The van der Waals surface area contributed by atoms with E-state index in [4.69, 9.17) is 18.0 Å². The highest BCUT2D eigenvalue weighted by molar-refractivity contribution is 7.91. The van der Waals surface area contributed by atoms with Gasteiger partial charge in [-0.1, -0.05) is 12.2 Å². The number of thiophene rings is 1. The van der Waals surface area contributed by atoms with E-state index >= 15 is 0 Å². The molecule has 1 aromatic heterocycles. The summed E-state index contributed by atoms with van der Waals surface area (Å²) in [6.07, 6.45) is 0.384. The lowest BCUT2D eigenvalue weighted by atomic mass is 10.2. The lowest BCUT2D eigenvalue weighted by Gasteiger charge is -2.23. The van der Waals surface area contributed by atoms with Crippen LogP contribution in [0.25, 0.3) is 0 Å². The predicted molar refractivity (Wildman–Crippen MR) is 74.9 cm³/mol. The van der Waals surface area contributed by atoms with Crippen LogP contribution in [0, 0.1) is 6.92 Å². The SMILES string of the molecule is Cc1ccc(S(=O)(=O)N(C)C(C)CC(N)=S)s1. The van der Waals surface area contributed by atoms with E-state index in [1.54, 1.807) is 26.1 Å². The Labute approximate surface area is 111 Å². The van der Waals surface area contributed by atoms with Crippen LogP contribution >= 0.6 is 23.6 Å². The van der Waals surface area contributed by atoms with Crippen LogP contribution in [0.15, 0.2) is 16.3 Å². The number of rotatable bonds is 5. The Kier molecular flexibility index (Phi) is 4.65. The van der Waals surface area contributed by atoms with Crippen LogP contribution < -0.4 is 5.73 Å². The number of sulfonamides is 1. The second-order valence-electron chi connectivity index (χ2n) is 3.91. The first-order valence-electron chi connectivity index (χ1n) is 5.08. The molecule has 0 fully saturated rings. The Morgan fingerprint density at radius 3 is 2.59 bits per heavy atom. The molecule has 1 atom stereocenters. The maximum Gasteiger partial charge on any atom is 0.252 e. The Morgan fingerprint density at radius 2 is 2.18 bits per heavy atom. The summed E-state index contributed by atoms with van der Waals surface area (Å²) in [5, 5.41) is 0. The third-order valence-corrected chi connectivity index (χ3v) is 6.07. The van der Waals surface area contributed by atoms with E-state index in [0.29, 0.717) is 15.6 Å². The summed E-state index contributed by atoms with van der Waals surface area (Å²) in [5.41, 5.74) is 5.43. The van der Waals surface area contributed by atoms with Crippen LogP contribution in [0.3, 0.4) is 0 Å². The Morgan fingerprint density at radius 1 is 1.59 bits per heavy atom. The molecule has 0 radical (unpaired) electrons.